The Morgan fingerprint density at radius 3 is 2.89 bits per heavy atom. The number of aliphatic hydroxyl groups excluding tert-OH is 1. The van der Waals surface area contributed by atoms with Gasteiger partial charge in [0.2, 0.25) is 0 Å². The van der Waals surface area contributed by atoms with Crippen LogP contribution in [0.15, 0.2) is 6.07 Å². The number of rotatable bonds is 3. The Kier molecular flexibility index (Phi) is 4.84. The van der Waals surface area contributed by atoms with E-state index in [0.717, 1.165) is 30.6 Å². The van der Waals surface area contributed by atoms with Gasteiger partial charge in [0, 0.05) is 28.9 Å². The van der Waals surface area contributed by atoms with E-state index in [-0.39, 0.29) is 12.6 Å². The Bertz CT molecular complexity index is 402. The number of likely N-dealkylation sites (tertiary alicyclic amines) is 1. The van der Waals surface area contributed by atoms with E-state index in [0.29, 0.717) is 16.7 Å². The van der Waals surface area contributed by atoms with Gasteiger partial charge in [0.25, 0.3) is 0 Å². The van der Waals surface area contributed by atoms with Crippen molar-refractivity contribution in [3.8, 4) is 0 Å². The molecule has 5 heteroatoms. The maximum atomic E-state index is 9.40. The molecule has 0 radical (unpaired) electrons. The van der Waals surface area contributed by atoms with Crippen LogP contribution in [0.3, 0.4) is 0 Å². The van der Waals surface area contributed by atoms with Crippen molar-refractivity contribution in [2.45, 2.75) is 38.8 Å². The van der Waals surface area contributed by atoms with Crippen molar-refractivity contribution in [2.75, 3.05) is 13.2 Å². The Hall–Kier alpha value is -0.350. The number of halogens is 2. The number of piperidine rings is 1. The van der Waals surface area contributed by atoms with Gasteiger partial charge in [0.15, 0.2) is 0 Å². The lowest BCUT2D eigenvalue weighted by molar-refractivity contribution is 0.0841. The van der Waals surface area contributed by atoms with Gasteiger partial charge in [-0.25, -0.2) is 4.98 Å². The molecule has 1 aromatic heterocycles. The molecule has 3 nitrogen and oxygen atoms in total. The summed E-state index contributed by atoms with van der Waals surface area (Å²) in [6, 6.07) is 2.05. The molecule has 1 aliphatic rings. The first-order valence-corrected chi connectivity index (χ1v) is 7.04. The van der Waals surface area contributed by atoms with Crippen molar-refractivity contribution in [2.24, 2.45) is 0 Å². The third kappa shape index (κ3) is 3.15. The summed E-state index contributed by atoms with van der Waals surface area (Å²) in [5.41, 5.74) is 1.69. The lowest BCUT2D eigenvalue weighted by Gasteiger charge is -2.34. The largest absolute Gasteiger partial charge is 0.395 e. The topological polar surface area (TPSA) is 36.4 Å². The molecule has 0 saturated carbocycles. The Morgan fingerprint density at radius 2 is 2.22 bits per heavy atom. The second-order valence-electron chi connectivity index (χ2n) is 4.82. The van der Waals surface area contributed by atoms with Gasteiger partial charge >= 0.3 is 0 Å². The molecule has 0 amide bonds. The summed E-state index contributed by atoms with van der Waals surface area (Å²) in [5.74, 6) is 0. The zero-order valence-corrected chi connectivity index (χ0v) is 12.0. The highest BCUT2D eigenvalue weighted by molar-refractivity contribution is 6.35. The summed E-state index contributed by atoms with van der Waals surface area (Å²) in [6.07, 6.45) is 3.37. The first-order chi connectivity index (χ1) is 8.61. The van der Waals surface area contributed by atoms with Crippen molar-refractivity contribution in [1.29, 1.82) is 0 Å². The molecule has 1 fully saturated rings. The highest BCUT2D eigenvalue weighted by Gasteiger charge is 2.23. The SMILES string of the molecule is Cc1cc(Cl)c(CN2CCCCC2CO)c(Cl)n1. The zero-order chi connectivity index (χ0) is 13.1. The zero-order valence-electron chi connectivity index (χ0n) is 10.5. The smallest absolute Gasteiger partial charge is 0.135 e. The summed E-state index contributed by atoms with van der Waals surface area (Å²) >= 11 is 12.4. The van der Waals surface area contributed by atoms with Crippen LogP contribution in [0.5, 0.6) is 0 Å². The van der Waals surface area contributed by atoms with Crippen LogP contribution in [0.2, 0.25) is 10.2 Å². The summed E-state index contributed by atoms with van der Waals surface area (Å²) in [4.78, 5) is 6.49. The predicted molar refractivity (Wildman–Crippen MR) is 74.1 cm³/mol. The standard InChI is InChI=1S/C13H18Cl2N2O/c1-9-6-12(14)11(13(15)16-9)7-17-5-3-2-4-10(17)8-18/h6,10,18H,2-5,7-8H2,1H3. The van der Waals surface area contributed by atoms with Crippen LogP contribution in [-0.2, 0) is 6.54 Å². The highest BCUT2D eigenvalue weighted by Crippen LogP contribution is 2.28. The normalized spacial score (nSPS) is 21.2. The van der Waals surface area contributed by atoms with Crippen LogP contribution >= 0.6 is 23.2 Å². The van der Waals surface area contributed by atoms with Crippen molar-refractivity contribution in [3.05, 3.63) is 27.5 Å². The number of aliphatic hydroxyl groups is 1. The maximum absolute atomic E-state index is 9.40. The third-order valence-corrected chi connectivity index (χ3v) is 4.12. The second kappa shape index (κ2) is 6.20. The van der Waals surface area contributed by atoms with Gasteiger partial charge in [-0.05, 0) is 32.4 Å². The van der Waals surface area contributed by atoms with Crippen LogP contribution in [0, 0.1) is 6.92 Å². The average Bonchev–Trinajstić information content (AvgIpc) is 2.34. The van der Waals surface area contributed by atoms with Gasteiger partial charge < -0.3 is 5.11 Å². The van der Waals surface area contributed by atoms with E-state index < -0.39 is 0 Å². The van der Waals surface area contributed by atoms with Gasteiger partial charge in [-0.2, -0.15) is 0 Å². The molecule has 0 bridgehead atoms. The molecule has 1 aromatic rings. The van der Waals surface area contributed by atoms with E-state index in [2.05, 4.69) is 9.88 Å². The fourth-order valence-electron chi connectivity index (χ4n) is 2.44. The van der Waals surface area contributed by atoms with Crippen molar-refractivity contribution < 1.29 is 5.11 Å². The molecule has 2 heterocycles. The predicted octanol–water partition coefficient (Wildman–Crippen LogP) is 3.04. The fraction of sp³-hybridized carbons (Fsp3) is 0.615. The molecule has 2 rings (SSSR count). The van der Waals surface area contributed by atoms with Crippen molar-refractivity contribution in [3.63, 3.8) is 0 Å². The molecule has 18 heavy (non-hydrogen) atoms. The molecular weight excluding hydrogens is 271 g/mol. The molecule has 0 aliphatic carbocycles. The monoisotopic (exact) mass is 288 g/mol. The molecule has 0 spiro atoms. The summed E-state index contributed by atoms with van der Waals surface area (Å²) < 4.78 is 0. The number of pyridine rings is 1. The van der Waals surface area contributed by atoms with Crippen LogP contribution in [0.4, 0.5) is 0 Å². The second-order valence-corrected chi connectivity index (χ2v) is 5.58. The Labute approximate surface area is 118 Å². The van der Waals surface area contributed by atoms with Crippen molar-refractivity contribution >= 4 is 23.2 Å². The van der Waals surface area contributed by atoms with E-state index in [1.165, 1.54) is 6.42 Å². The molecule has 1 atom stereocenters. The number of aryl methyl sites for hydroxylation is 1. The Morgan fingerprint density at radius 1 is 1.44 bits per heavy atom. The molecule has 0 aromatic carbocycles. The minimum Gasteiger partial charge on any atom is -0.395 e. The molecule has 1 saturated heterocycles. The van der Waals surface area contributed by atoms with Gasteiger partial charge in [-0.1, -0.05) is 29.6 Å². The van der Waals surface area contributed by atoms with Crippen LogP contribution in [-0.4, -0.2) is 34.2 Å². The minimum atomic E-state index is 0.189. The maximum Gasteiger partial charge on any atom is 0.135 e. The number of hydrogen-bond acceptors (Lipinski definition) is 3. The van der Waals surface area contributed by atoms with Gasteiger partial charge in [0.1, 0.15) is 5.15 Å². The van der Waals surface area contributed by atoms with Crippen LogP contribution in [0.1, 0.15) is 30.5 Å². The lowest BCUT2D eigenvalue weighted by Crippen LogP contribution is -2.41. The van der Waals surface area contributed by atoms with E-state index in [9.17, 15) is 5.11 Å². The first-order valence-electron chi connectivity index (χ1n) is 6.28. The molecular formula is C13H18Cl2N2O. The minimum absolute atomic E-state index is 0.189. The summed E-state index contributed by atoms with van der Waals surface area (Å²) in [6.45, 7) is 3.70. The molecule has 1 unspecified atom stereocenters. The summed E-state index contributed by atoms with van der Waals surface area (Å²) in [7, 11) is 0. The summed E-state index contributed by atoms with van der Waals surface area (Å²) in [5, 5.41) is 10.5. The van der Waals surface area contributed by atoms with Gasteiger partial charge in [0.05, 0.1) is 6.61 Å². The lowest BCUT2D eigenvalue weighted by atomic mass is 10.0. The quantitative estimate of drug-likeness (QED) is 0.869. The van der Waals surface area contributed by atoms with E-state index >= 15 is 0 Å². The first kappa shape index (κ1) is 14.1. The average molecular weight is 289 g/mol. The van der Waals surface area contributed by atoms with Crippen LogP contribution in [0.25, 0.3) is 0 Å². The van der Waals surface area contributed by atoms with Crippen LogP contribution < -0.4 is 0 Å². The van der Waals surface area contributed by atoms with Crippen molar-refractivity contribution in [1.82, 2.24) is 9.88 Å². The number of nitrogens with zero attached hydrogens (tertiary/aromatic N) is 2. The third-order valence-electron chi connectivity index (χ3n) is 3.47. The van der Waals surface area contributed by atoms with Gasteiger partial charge in [-0.15, -0.1) is 0 Å². The number of hydrogen-bond donors (Lipinski definition) is 1. The molecule has 1 N–H and O–H groups in total. The molecule has 1 aliphatic heterocycles. The van der Waals surface area contributed by atoms with E-state index in [1.54, 1.807) is 0 Å². The van der Waals surface area contributed by atoms with Gasteiger partial charge in [-0.3, -0.25) is 4.90 Å². The van der Waals surface area contributed by atoms with E-state index in [1.807, 2.05) is 13.0 Å². The number of aromatic nitrogens is 1. The van der Waals surface area contributed by atoms with E-state index in [4.69, 9.17) is 23.2 Å². The Balaban J connectivity index is 2.17. The fourth-order valence-corrected chi connectivity index (χ4v) is 3.09. The molecule has 100 valence electrons. The highest BCUT2D eigenvalue weighted by atomic mass is 35.5.